The molecule has 4 rings (SSSR count). The number of fused-ring (bicyclic) bond motifs is 1. The quantitative estimate of drug-likeness (QED) is 0.492. The van der Waals surface area contributed by atoms with E-state index in [0.717, 1.165) is 16.6 Å². The summed E-state index contributed by atoms with van der Waals surface area (Å²) in [4.78, 5) is 0. The topological polar surface area (TPSA) is 9.23 Å². The smallest absolute Gasteiger partial charge is 0.149 e. The van der Waals surface area contributed by atoms with Crippen molar-refractivity contribution in [3.8, 4) is 5.75 Å². The summed E-state index contributed by atoms with van der Waals surface area (Å²) in [6.07, 6.45) is 4.75. The molecule has 126 valence electrons. The van der Waals surface area contributed by atoms with Gasteiger partial charge in [0.1, 0.15) is 11.9 Å². The third-order valence-electron chi connectivity index (χ3n) is 4.88. The van der Waals surface area contributed by atoms with Crippen molar-refractivity contribution in [2.24, 2.45) is 0 Å². The van der Waals surface area contributed by atoms with Gasteiger partial charge in [-0.05, 0) is 69.9 Å². The monoisotopic (exact) mass is 392 g/mol. The van der Waals surface area contributed by atoms with Crippen LogP contribution in [0.15, 0.2) is 77.3 Å². The molecule has 0 unspecified atom stereocenters. The Morgan fingerprint density at radius 2 is 1.32 bits per heavy atom. The molecule has 1 aliphatic rings. The zero-order valence-electron chi connectivity index (χ0n) is 14.1. The summed E-state index contributed by atoms with van der Waals surface area (Å²) >= 11 is 3.82. The standard InChI is InChI=1S/C23H21BrO/c24-22-20-14-8-7-9-17(20)15-16-21(22)25-23(18-10-3-1-4-11-18)19-12-5-2-6-13-19/h1-6,10-13,15-16,23H,7-9,14H2. The first-order valence-electron chi connectivity index (χ1n) is 8.90. The van der Waals surface area contributed by atoms with Crippen molar-refractivity contribution < 1.29 is 4.74 Å². The molecule has 0 radical (unpaired) electrons. The van der Waals surface area contributed by atoms with E-state index in [1.165, 1.54) is 41.5 Å². The van der Waals surface area contributed by atoms with Gasteiger partial charge in [0.05, 0.1) is 4.47 Å². The molecule has 0 aliphatic heterocycles. The molecule has 0 amide bonds. The number of halogens is 1. The van der Waals surface area contributed by atoms with E-state index in [2.05, 4.69) is 76.6 Å². The van der Waals surface area contributed by atoms with Crippen molar-refractivity contribution in [2.75, 3.05) is 0 Å². The fraction of sp³-hybridized carbons (Fsp3) is 0.217. The minimum absolute atomic E-state index is 0.111. The molecule has 0 atom stereocenters. The minimum atomic E-state index is -0.111. The number of aryl methyl sites for hydroxylation is 1. The van der Waals surface area contributed by atoms with Gasteiger partial charge in [-0.2, -0.15) is 0 Å². The van der Waals surface area contributed by atoms with Crippen LogP contribution >= 0.6 is 15.9 Å². The summed E-state index contributed by atoms with van der Waals surface area (Å²) < 4.78 is 7.66. The van der Waals surface area contributed by atoms with Gasteiger partial charge in [0.25, 0.3) is 0 Å². The van der Waals surface area contributed by atoms with Crippen LogP contribution in [0.25, 0.3) is 0 Å². The Hall–Kier alpha value is -2.06. The summed E-state index contributed by atoms with van der Waals surface area (Å²) in [6, 6.07) is 25.2. The summed E-state index contributed by atoms with van der Waals surface area (Å²) in [5.41, 5.74) is 5.21. The van der Waals surface area contributed by atoms with Crippen LogP contribution < -0.4 is 4.74 Å². The lowest BCUT2D eigenvalue weighted by Gasteiger charge is -2.24. The lowest BCUT2D eigenvalue weighted by atomic mass is 9.91. The van der Waals surface area contributed by atoms with E-state index < -0.39 is 0 Å². The van der Waals surface area contributed by atoms with Crippen LogP contribution in [0.3, 0.4) is 0 Å². The zero-order chi connectivity index (χ0) is 17.1. The van der Waals surface area contributed by atoms with E-state index in [4.69, 9.17) is 4.74 Å². The number of benzene rings is 3. The Kier molecular flexibility index (Phi) is 4.89. The van der Waals surface area contributed by atoms with Crippen molar-refractivity contribution in [3.05, 3.63) is 99.5 Å². The lowest BCUT2D eigenvalue weighted by Crippen LogP contribution is -2.11. The van der Waals surface area contributed by atoms with Crippen LogP contribution in [0.4, 0.5) is 0 Å². The van der Waals surface area contributed by atoms with Gasteiger partial charge in [-0.25, -0.2) is 0 Å². The molecule has 3 aromatic carbocycles. The Bertz CT molecular complexity index is 803. The normalized spacial score (nSPS) is 13.5. The molecule has 0 fully saturated rings. The minimum Gasteiger partial charge on any atom is -0.480 e. The maximum Gasteiger partial charge on any atom is 0.149 e. The molecule has 0 saturated heterocycles. The second kappa shape index (κ2) is 7.45. The van der Waals surface area contributed by atoms with Gasteiger partial charge in [-0.3, -0.25) is 0 Å². The molecule has 1 nitrogen and oxygen atoms in total. The third kappa shape index (κ3) is 3.50. The van der Waals surface area contributed by atoms with Crippen LogP contribution in [0.2, 0.25) is 0 Å². The van der Waals surface area contributed by atoms with Crippen LogP contribution in [0.1, 0.15) is 41.2 Å². The molecule has 0 saturated carbocycles. The molecule has 0 N–H and O–H groups in total. The lowest BCUT2D eigenvalue weighted by molar-refractivity contribution is 0.245. The predicted octanol–water partition coefficient (Wildman–Crippen LogP) is 6.50. The van der Waals surface area contributed by atoms with E-state index in [-0.39, 0.29) is 6.10 Å². The Morgan fingerprint density at radius 3 is 1.96 bits per heavy atom. The fourth-order valence-corrected chi connectivity index (χ4v) is 4.24. The zero-order valence-corrected chi connectivity index (χ0v) is 15.7. The van der Waals surface area contributed by atoms with Crippen molar-refractivity contribution >= 4 is 15.9 Å². The van der Waals surface area contributed by atoms with Crippen LogP contribution in [-0.2, 0) is 12.8 Å². The summed E-state index contributed by atoms with van der Waals surface area (Å²) in [5, 5.41) is 0. The average Bonchev–Trinajstić information content (AvgIpc) is 2.69. The summed E-state index contributed by atoms with van der Waals surface area (Å²) in [5.74, 6) is 0.929. The Morgan fingerprint density at radius 1 is 0.720 bits per heavy atom. The van der Waals surface area contributed by atoms with Crippen LogP contribution in [-0.4, -0.2) is 0 Å². The van der Waals surface area contributed by atoms with E-state index in [1.807, 2.05) is 12.1 Å². The predicted molar refractivity (Wildman–Crippen MR) is 106 cm³/mol. The van der Waals surface area contributed by atoms with Crippen molar-refractivity contribution in [3.63, 3.8) is 0 Å². The molecule has 0 bridgehead atoms. The molecule has 0 aromatic heterocycles. The molecule has 2 heteroatoms. The van der Waals surface area contributed by atoms with Gasteiger partial charge in [0.15, 0.2) is 0 Å². The van der Waals surface area contributed by atoms with Gasteiger partial charge in [0.2, 0.25) is 0 Å². The highest BCUT2D eigenvalue weighted by atomic mass is 79.9. The summed E-state index contributed by atoms with van der Waals surface area (Å²) in [6.45, 7) is 0. The van der Waals surface area contributed by atoms with Gasteiger partial charge in [0, 0.05) is 0 Å². The maximum absolute atomic E-state index is 6.54. The largest absolute Gasteiger partial charge is 0.480 e. The third-order valence-corrected chi connectivity index (χ3v) is 5.75. The number of ether oxygens (including phenoxy) is 1. The van der Waals surface area contributed by atoms with E-state index >= 15 is 0 Å². The molecule has 3 aromatic rings. The van der Waals surface area contributed by atoms with Crippen LogP contribution in [0.5, 0.6) is 5.75 Å². The molecule has 0 heterocycles. The SMILES string of the molecule is Brc1c(OC(c2ccccc2)c2ccccc2)ccc2c1CCCC2. The molecular weight excluding hydrogens is 372 g/mol. The van der Waals surface area contributed by atoms with Crippen LogP contribution in [0, 0.1) is 0 Å². The molecule has 25 heavy (non-hydrogen) atoms. The highest BCUT2D eigenvalue weighted by Gasteiger charge is 2.20. The molecule has 1 aliphatic carbocycles. The molecular formula is C23H21BrO. The Labute approximate surface area is 157 Å². The number of hydrogen-bond acceptors (Lipinski definition) is 1. The number of rotatable bonds is 4. The van der Waals surface area contributed by atoms with E-state index in [1.54, 1.807) is 0 Å². The van der Waals surface area contributed by atoms with E-state index in [9.17, 15) is 0 Å². The fourth-order valence-electron chi connectivity index (χ4n) is 3.56. The van der Waals surface area contributed by atoms with Gasteiger partial charge in [-0.1, -0.05) is 66.7 Å². The maximum atomic E-state index is 6.54. The average molecular weight is 393 g/mol. The van der Waals surface area contributed by atoms with Crippen molar-refractivity contribution in [1.29, 1.82) is 0 Å². The first kappa shape index (κ1) is 16.4. The second-order valence-corrected chi connectivity index (χ2v) is 7.33. The van der Waals surface area contributed by atoms with Crippen molar-refractivity contribution in [1.82, 2.24) is 0 Å². The van der Waals surface area contributed by atoms with Gasteiger partial charge >= 0.3 is 0 Å². The first-order chi connectivity index (χ1) is 12.3. The first-order valence-corrected chi connectivity index (χ1v) is 9.69. The molecule has 0 spiro atoms. The van der Waals surface area contributed by atoms with E-state index in [0.29, 0.717) is 0 Å². The van der Waals surface area contributed by atoms with Crippen molar-refractivity contribution in [2.45, 2.75) is 31.8 Å². The highest BCUT2D eigenvalue weighted by Crippen LogP contribution is 2.38. The number of hydrogen-bond donors (Lipinski definition) is 0. The van der Waals surface area contributed by atoms with Gasteiger partial charge in [-0.15, -0.1) is 0 Å². The van der Waals surface area contributed by atoms with Gasteiger partial charge < -0.3 is 4.74 Å². The summed E-state index contributed by atoms with van der Waals surface area (Å²) in [7, 11) is 0. The highest BCUT2D eigenvalue weighted by molar-refractivity contribution is 9.10. The Balaban J connectivity index is 1.72. The second-order valence-electron chi connectivity index (χ2n) is 6.54.